The third-order valence-corrected chi connectivity index (χ3v) is 4.14. The van der Waals surface area contributed by atoms with Gasteiger partial charge in [-0.15, -0.1) is 0 Å². The molecule has 3 nitrogen and oxygen atoms in total. The molecule has 106 valence electrons. The van der Waals surface area contributed by atoms with Crippen molar-refractivity contribution in [3.63, 3.8) is 0 Å². The zero-order valence-corrected chi connectivity index (χ0v) is 11.9. The highest BCUT2D eigenvalue weighted by Gasteiger charge is 2.42. The van der Waals surface area contributed by atoms with E-state index in [4.69, 9.17) is 9.15 Å². The summed E-state index contributed by atoms with van der Waals surface area (Å²) in [6.07, 6.45) is 4.88. The van der Waals surface area contributed by atoms with Gasteiger partial charge in [0, 0.05) is 12.0 Å². The van der Waals surface area contributed by atoms with E-state index in [1.165, 1.54) is 6.42 Å². The van der Waals surface area contributed by atoms with Crippen LogP contribution in [0.1, 0.15) is 49.6 Å². The molecule has 0 N–H and O–H groups in total. The van der Waals surface area contributed by atoms with Gasteiger partial charge >= 0.3 is 0 Å². The first-order valence-electron chi connectivity index (χ1n) is 7.42. The first-order valence-corrected chi connectivity index (χ1v) is 7.42. The van der Waals surface area contributed by atoms with Crippen LogP contribution in [0.3, 0.4) is 0 Å². The number of Topliss-reactive ketones (excluding diaryl/α,β-unsaturated/α-hetero) is 1. The molecule has 0 spiro atoms. The number of hydrogen-bond donors (Lipinski definition) is 0. The van der Waals surface area contributed by atoms with Crippen LogP contribution in [0.2, 0.25) is 0 Å². The van der Waals surface area contributed by atoms with Crippen LogP contribution in [-0.4, -0.2) is 18.0 Å². The summed E-state index contributed by atoms with van der Waals surface area (Å²) in [6, 6.07) is 9.56. The highest BCUT2D eigenvalue weighted by atomic mass is 16.5. The second-order valence-electron chi connectivity index (χ2n) is 5.47. The van der Waals surface area contributed by atoms with Crippen LogP contribution in [-0.2, 0) is 4.74 Å². The second-order valence-corrected chi connectivity index (χ2v) is 5.47. The Morgan fingerprint density at radius 2 is 2.00 bits per heavy atom. The van der Waals surface area contributed by atoms with E-state index in [-0.39, 0.29) is 5.78 Å². The van der Waals surface area contributed by atoms with Crippen LogP contribution in [0, 0.1) is 0 Å². The van der Waals surface area contributed by atoms with Gasteiger partial charge in [0.15, 0.2) is 5.76 Å². The first-order chi connectivity index (χ1) is 9.75. The summed E-state index contributed by atoms with van der Waals surface area (Å²) < 4.78 is 11.6. The molecule has 2 aromatic rings. The third kappa shape index (κ3) is 2.27. The minimum Gasteiger partial charge on any atom is -0.453 e. The SMILES string of the molecule is CCOC1(C(=O)c2cc3ccccc3o2)CCCCC1. The molecule has 20 heavy (non-hydrogen) atoms. The average molecular weight is 272 g/mol. The van der Waals surface area contributed by atoms with Crippen LogP contribution in [0.25, 0.3) is 11.0 Å². The quantitative estimate of drug-likeness (QED) is 0.776. The van der Waals surface area contributed by atoms with Crippen molar-refractivity contribution in [3.8, 4) is 0 Å². The van der Waals surface area contributed by atoms with Crippen molar-refractivity contribution < 1.29 is 13.9 Å². The predicted octanol–water partition coefficient (Wildman–Crippen LogP) is 4.35. The van der Waals surface area contributed by atoms with Gasteiger partial charge in [0.2, 0.25) is 5.78 Å². The van der Waals surface area contributed by atoms with Crippen LogP contribution in [0.4, 0.5) is 0 Å². The summed E-state index contributed by atoms with van der Waals surface area (Å²) in [4.78, 5) is 12.9. The van der Waals surface area contributed by atoms with E-state index in [9.17, 15) is 4.79 Å². The Labute approximate surface area is 118 Å². The summed E-state index contributed by atoms with van der Waals surface area (Å²) >= 11 is 0. The lowest BCUT2D eigenvalue weighted by Crippen LogP contribution is -2.43. The summed E-state index contributed by atoms with van der Waals surface area (Å²) in [5.41, 5.74) is 0.0965. The topological polar surface area (TPSA) is 39.4 Å². The minimum absolute atomic E-state index is 0.00949. The summed E-state index contributed by atoms with van der Waals surface area (Å²) in [6.45, 7) is 2.51. The number of carbonyl (C=O) groups excluding carboxylic acids is 1. The van der Waals surface area contributed by atoms with E-state index in [0.29, 0.717) is 12.4 Å². The van der Waals surface area contributed by atoms with Crippen molar-refractivity contribution in [3.05, 3.63) is 36.1 Å². The van der Waals surface area contributed by atoms with Crippen molar-refractivity contribution >= 4 is 16.8 Å². The molecule has 0 radical (unpaired) electrons. The molecular formula is C17H20O3. The molecule has 0 atom stereocenters. The molecule has 3 rings (SSSR count). The van der Waals surface area contributed by atoms with E-state index < -0.39 is 5.60 Å². The molecule has 0 unspecified atom stereocenters. The minimum atomic E-state index is -0.666. The summed E-state index contributed by atoms with van der Waals surface area (Å²) in [5.74, 6) is 0.441. The van der Waals surface area contributed by atoms with Crippen LogP contribution in [0.15, 0.2) is 34.7 Å². The fourth-order valence-corrected chi connectivity index (χ4v) is 3.15. The molecule has 1 heterocycles. The Kier molecular flexibility index (Phi) is 3.62. The lowest BCUT2D eigenvalue weighted by molar-refractivity contribution is -0.0424. The number of ketones is 1. The fraction of sp³-hybridized carbons (Fsp3) is 0.471. The Hall–Kier alpha value is -1.61. The van der Waals surface area contributed by atoms with E-state index in [1.54, 1.807) is 0 Å². The van der Waals surface area contributed by atoms with E-state index in [0.717, 1.165) is 36.7 Å². The Morgan fingerprint density at radius 1 is 1.25 bits per heavy atom. The maximum Gasteiger partial charge on any atom is 0.229 e. The van der Waals surface area contributed by atoms with E-state index >= 15 is 0 Å². The van der Waals surface area contributed by atoms with Crippen molar-refractivity contribution in [2.45, 2.75) is 44.6 Å². The van der Waals surface area contributed by atoms with Gasteiger partial charge in [-0.1, -0.05) is 37.5 Å². The first kappa shape index (κ1) is 13.4. The second kappa shape index (κ2) is 5.41. The number of para-hydroxylation sites is 1. The maximum atomic E-state index is 12.9. The lowest BCUT2D eigenvalue weighted by Gasteiger charge is -2.34. The predicted molar refractivity (Wildman–Crippen MR) is 78.0 cm³/mol. The van der Waals surface area contributed by atoms with Crippen LogP contribution in [0.5, 0.6) is 0 Å². The molecule has 0 amide bonds. The Bertz CT molecular complexity index is 567. The molecule has 1 fully saturated rings. The molecule has 0 bridgehead atoms. The number of carbonyl (C=O) groups is 1. The van der Waals surface area contributed by atoms with Crippen molar-refractivity contribution in [2.24, 2.45) is 0 Å². The number of hydrogen-bond acceptors (Lipinski definition) is 3. The van der Waals surface area contributed by atoms with Crippen LogP contribution < -0.4 is 0 Å². The molecule has 1 aromatic heterocycles. The van der Waals surface area contributed by atoms with Crippen molar-refractivity contribution in [2.75, 3.05) is 6.61 Å². The van der Waals surface area contributed by atoms with Gasteiger partial charge < -0.3 is 9.15 Å². The molecular weight excluding hydrogens is 252 g/mol. The van der Waals surface area contributed by atoms with Gasteiger partial charge in [0.25, 0.3) is 0 Å². The molecule has 1 saturated carbocycles. The summed E-state index contributed by atoms with van der Waals surface area (Å²) in [7, 11) is 0. The number of ether oxygens (including phenoxy) is 1. The number of benzene rings is 1. The largest absolute Gasteiger partial charge is 0.453 e. The van der Waals surface area contributed by atoms with Gasteiger partial charge in [-0.2, -0.15) is 0 Å². The monoisotopic (exact) mass is 272 g/mol. The number of furan rings is 1. The Balaban J connectivity index is 1.96. The summed E-state index contributed by atoms with van der Waals surface area (Å²) in [5, 5.41) is 0.971. The van der Waals surface area contributed by atoms with Gasteiger partial charge in [-0.3, -0.25) is 4.79 Å². The van der Waals surface area contributed by atoms with E-state index in [2.05, 4.69) is 0 Å². The Morgan fingerprint density at radius 3 is 2.70 bits per heavy atom. The van der Waals surface area contributed by atoms with Gasteiger partial charge in [-0.25, -0.2) is 0 Å². The van der Waals surface area contributed by atoms with Crippen LogP contribution >= 0.6 is 0 Å². The standard InChI is InChI=1S/C17H20O3/c1-2-19-17(10-6-3-7-11-17)16(18)15-12-13-8-4-5-9-14(13)20-15/h4-5,8-9,12H,2-3,6-7,10-11H2,1H3. The molecule has 0 aliphatic heterocycles. The normalized spacial score (nSPS) is 18.2. The van der Waals surface area contributed by atoms with E-state index in [1.807, 2.05) is 37.3 Å². The smallest absolute Gasteiger partial charge is 0.229 e. The van der Waals surface area contributed by atoms with Gasteiger partial charge in [-0.05, 0) is 31.9 Å². The third-order valence-electron chi connectivity index (χ3n) is 4.14. The van der Waals surface area contributed by atoms with Crippen molar-refractivity contribution in [1.82, 2.24) is 0 Å². The molecule has 1 aliphatic rings. The zero-order chi connectivity index (χ0) is 14.0. The molecule has 3 heteroatoms. The molecule has 1 aromatic carbocycles. The number of fused-ring (bicyclic) bond motifs is 1. The van der Waals surface area contributed by atoms with Crippen molar-refractivity contribution in [1.29, 1.82) is 0 Å². The highest BCUT2D eigenvalue weighted by Crippen LogP contribution is 2.35. The molecule has 0 saturated heterocycles. The van der Waals surface area contributed by atoms with Gasteiger partial charge in [0.05, 0.1) is 0 Å². The lowest BCUT2D eigenvalue weighted by atomic mass is 9.80. The van der Waals surface area contributed by atoms with Gasteiger partial charge in [0.1, 0.15) is 11.2 Å². The number of rotatable bonds is 4. The zero-order valence-electron chi connectivity index (χ0n) is 11.9. The maximum absolute atomic E-state index is 12.9. The molecule has 1 aliphatic carbocycles. The average Bonchev–Trinajstić information content (AvgIpc) is 2.91. The fourth-order valence-electron chi connectivity index (χ4n) is 3.15. The highest BCUT2D eigenvalue weighted by molar-refractivity contribution is 6.03.